The van der Waals surface area contributed by atoms with Crippen LogP contribution < -0.4 is 10.6 Å². The lowest BCUT2D eigenvalue weighted by molar-refractivity contribution is -0.114. The Bertz CT molecular complexity index is 1210. The van der Waals surface area contributed by atoms with E-state index in [0.29, 0.717) is 29.0 Å². The molecule has 0 radical (unpaired) electrons. The Hall–Kier alpha value is -4.13. The molecule has 1 fully saturated rings. The van der Waals surface area contributed by atoms with Crippen molar-refractivity contribution < 1.29 is 14.4 Å². The minimum absolute atomic E-state index is 0.00244. The summed E-state index contributed by atoms with van der Waals surface area (Å²) in [7, 11) is 1.77. The molecular weight excluding hydrogens is 452 g/mol. The highest BCUT2D eigenvalue weighted by molar-refractivity contribution is 5.98. The topological polar surface area (TPSA) is 81.8 Å². The molecule has 0 unspecified atom stereocenters. The Morgan fingerprint density at radius 2 is 1.47 bits per heavy atom. The van der Waals surface area contributed by atoms with Gasteiger partial charge in [0.25, 0.3) is 11.8 Å². The molecule has 0 saturated carbocycles. The van der Waals surface area contributed by atoms with Gasteiger partial charge in [-0.2, -0.15) is 0 Å². The number of nitrogens with one attached hydrogen (secondary N) is 2. The first-order valence-corrected chi connectivity index (χ1v) is 12.3. The zero-order chi connectivity index (χ0) is 25.3. The Labute approximate surface area is 212 Å². The third kappa shape index (κ3) is 6.72. The van der Waals surface area contributed by atoms with E-state index in [-0.39, 0.29) is 24.3 Å². The number of hydrogen-bond donors (Lipinski definition) is 2. The van der Waals surface area contributed by atoms with Gasteiger partial charge in [0.05, 0.1) is 6.54 Å². The minimum atomic E-state index is -0.240. The van der Waals surface area contributed by atoms with Gasteiger partial charge in [0.15, 0.2) is 0 Å². The molecule has 1 saturated heterocycles. The average molecular weight is 485 g/mol. The first-order valence-electron chi connectivity index (χ1n) is 12.3. The van der Waals surface area contributed by atoms with Crippen LogP contribution in [0.4, 0.5) is 11.4 Å². The first-order chi connectivity index (χ1) is 17.5. The Balaban J connectivity index is 1.31. The van der Waals surface area contributed by atoms with Crippen LogP contribution in [0.1, 0.15) is 45.5 Å². The first kappa shape index (κ1) is 25.0. The van der Waals surface area contributed by atoms with E-state index in [1.165, 1.54) is 0 Å². The highest BCUT2D eigenvalue weighted by Crippen LogP contribution is 2.17. The second kappa shape index (κ2) is 12.0. The fourth-order valence-electron chi connectivity index (χ4n) is 4.31. The number of benzene rings is 3. The maximum absolute atomic E-state index is 12.9. The minimum Gasteiger partial charge on any atom is -0.376 e. The molecule has 7 heteroatoms. The number of nitrogens with zero attached hydrogens (tertiary/aromatic N) is 2. The molecule has 1 heterocycles. The van der Waals surface area contributed by atoms with Crippen molar-refractivity contribution in [3.05, 3.63) is 95.6 Å². The van der Waals surface area contributed by atoms with Crippen molar-refractivity contribution in [2.75, 3.05) is 37.3 Å². The summed E-state index contributed by atoms with van der Waals surface area (Å²) >= 11 is 0. The van der Waals surface area contributed by atoms with Gasteiger partial charge in [-0.25, -0.2) is 0 Å². The van der Waals surface area contributed by atoms with Gasteiger partial charge < -0.3 is 20.4 Å². The summed E-state index contributed by atoms with van der Waals surface area (Å²) in [5.41, 5.74) is 3.44. The van der Waals surface area contributed by atoms with Gasteiger partial charge in [-0.3, -0.25) is 14.4 Å². The highest BCUT2D eigenvalue weighted by Gasteiger charge is 2.18. The highest BCUT2D eigenvalue weighted by atomic mass is 16.2. The molecule has 1 aliphatic rings. The third-order valence-corrected chi connectivity index (χ3v) is 6.21. The molecule has 7 nitrogen and oxygen atoms in total. The molecule has 3 aromatic carbocycles. The number of piperidine rings is 1. The van der Waals surface area contributed by atoms with Gasteiger partial charge in [0.2, 0.25) is 5.91 Å². The van der Waals surface area contributed by atoms with Gasteiger partial charge in [-0.15, -0.1) is 0 Å². The number of carbonyl (C=O) groups excluding carboxylic acids is 3. The van der Waals surface area contributed by atoms with E-state index in [4.69, 9.17) is 0 Å². The number of likely N-dealkylation sites (tertiary alicyclic amines) is 1. The van der Waals surface area contributed by atoms with E-state index in [2.05, 4.69) is 10.6 Å². The van der Waals surface area contributed by atoms with Crippen LogP contribution in [0.15, 0.2) is 78.9 Å². The van der Waals surface area contributed by atoms with Gasteiger partial charge in [-0.05, 0) is 61.2 Å². The monoisotopic (exact) mass is 484 g/mol. The normalized spacial score (nSPS) is 13.1. The molecule has 0 aromatic heterocycles. The van der Waals surface area contributed by atoms with Crippen molar-refractivity contribution in [3.8, 4) is 0 Å². The number of carbonyl (C=O) groups is 3. The van der Waals surface area contributed by atoms with Gasteiger partial charge >= 0.3 is 0 Å². The van der Waals surface area contributed by atoms with Crippen molar-refractivity contribution in [1.82, 2.24) is 9.80 Å². The van der Waals surface area contributed by atoms with Crippen molar-refractivity contribution in [2.45, 2.75) is 25.8 Å². The summed E-state index contributed by atoms with van der Waals surface area (Å²) in [4.78, 5) is 41.7. The molecule has 0 spiro atoms. The summed E-state index contributed by atoms with van der Waals surface area (Å²) in [6.45, 7) is 2.10. The molecular formula is C29H32N4O3. The van der Waals surface area contributed by atoms with E-state index >= 15 is 0 Å². The van der Waals surface area contributed by atoms with Crippen LogP contribution in [0.3, 0.4) is 0 Å². The molecule has 1 aliphatic heterocycles. The average Bonchev–Trinajstić information content (AvgIpc) is 2.92. The Morgan fingerprint density at radius 1 is 0.806 bits per heavy atom. The van der Waals surface area contributed by atoms with Crippen molar-refractivity contribution in [2.24, 2.45) is 0 Å². The smallest absolute Gasteiger partial charge is 0.253 e. The number of rotatable bonds is 8. The summed E-state index contributed by atoms with van der Waals surface area (Å²) in [6.07, 6.45) is 3.22. The second-order valence-electron chi connectivity index (χ2n) is 9.06. The Morgan fingerprint density at radius 3 is 2.22 bits per heavy atom. The number of anilines is 2. The van der Waals surface area contributed by atoms with Crippen LogP contribution in [-0.4, -0.2) is 54.2 Å². The fraction of sp³-hybridized carbons (Fsp3) is 0.276. The zero-order valence-corrected chi connectivity index (χ0v) is 20.6. The van der Waals surface area contributed by atoms with Gasteiger partial charge in [-0.1, -0.05) is 42.5 Å². The lowest BCUT2D eigenvalue weighted by atomic mass is 10.1. The molecule has 0 atom stereocenters. The van der Waals surface area contributed by atoms with E-state index in [1.54, 1.807) is 54.4 Å². The molecule has 0 bridgehead atoms. The van der Waals surface area contributed by atoms with Crippen molar-refractivity contribution >= 4 is 29.1 Å². The van der Waals surface area contributed by atoms with E-state index in [1.807, 2.05) is 41.3 Å². The SMILES string of the molecule is CN(Cc1ccccc1)C(=O)c1cccc(NCC(=O)Nc2cccc(C(=O)N3CCCCC3)c2)c1. The largest absolute Gasteiger partial charge is 0.376 e. The lowest BCUT2D eigenvalue weighted by Crippen LogP contribution is -2.35. The number of hydrogen-bond acceptors (Lipinski definition) is 4. The van der Waals surface area contributed by atoms with Crippen LogP contribution in [0, 0.1) is 0 Å². The second-order valence-corrected chi connectivity index (χ2v) is 9.06. The predicted molar refractivity (Wildman–Crippen MR) is 142 cm³/mol. The summed E-state index contributed by atoms with van der Waals surface area (Å²) in [5, 5.41) is 5.93. The van der Waals surface area contributed by atoms with E-state index < -0.39 is 0 Å². The van der Waals surface area contributed by atoms with Crippen LogP contribution in [0.5, 0.6) is 0 Å². The number of amides is 3. The molecule has 2 N–H and O–H groups in total. The summed E-state index contributed by atoms with van der Waals surface area (Å²) in [6, 6.07) is 24.0. The predicted octanol–water partition coefficient (Wildman–Crippen LogP) is 4.64. The van der Waals surface area contributed by atoms with Gasteiger partial charge in [0.1, 0.15) is 0 Å². The van der Waals surface area contributed by atoms with Gasteiger partial charge in [0, 0.05) is 49.2 Å². The van der Waals surface area contributed by atoms with Crippen molar-refractivity contribution in [3.63, 3.8) is 0 Å². The maximum atomic E-state index is 12.9. The van der Waals surface area contributed by atoms with Crippen LogP contribution in [0.25, 0.3) is 0 Å². The Kier molecular flexibility index (Phi) is 8.34. The maximum Gasteiger partial charge on any atom is 0.253 e. The summed E-state index contributed by atoms with van der Waals surface area (Å²) in [5.74, 6) is -0.333. The molecule has 36 heavy (non-hydrogen) atoms. The molecule has 186 valence electrons. The zero-order valence-electron chi connectivity index (χ0n) is 20.6. The van der Waals surface area contributed by atoms with E-state index in [0.717, 1.165) is 37.9 Å². The third-order valence-electron chi connectivity index (χ3n) is 6.21. The standard InChI is InChI=1S/C29H32N4O3/c1-32(21-22-10-4-2-5-11-22)28(35)23-12-8-14-25(18-23)30-20-27(34)31-26-15-9-13-24(19-26)29(36)33-16-6-3-7-17-33/h2,4-5,8-15,18-19,30H,3,6-7,16-17,20-21H2,1H3,(H,31,34). The quantitative estimate of drug-likeness (QED) is 0.488. The molecule has 3 amide bonds. The van der Waals surface area contributed by atoms with Crippen LogP contribution in [-0.2, 0) is 11.3 Å². The van der Waals surface area contributed by atoms with Crippen LogP contribution in [0.2, 0.25) is 0 Å². The van der Waals surface area contributed by atoms with E-state index in [9.17, 15) is 14.4 Å². The molecule has 4 rings (SSSR count). The molecule has 0 aliphatic carbocycles. The fourth-order valence-corrected chi connectivity index (χ4v) is 4.31. The molecule has 3 aromatic rings. The lowest BCUT2D eigenvalue weighted by Gasteiger charge is -2.26. The summed E-state index contributed by atoms with van der Waals surface area (Å²) < 4.78 is 0. The van der Waals surface area contributed by atoms with Crippen molar-refractivity contribution in [1.29, 1.82) is 0 Å². The van der Waals surface area contributed by atoms with Crippen LogP contribution >= 0.6 is 0 Å².